The molecule has 0 radical (unpaired) electrons. The smallest absolute Gasteiger partial charge is 0.123 e. The van der Waals surface area contributed by atoms with Crippen molar-refractivity contribution in [2.75, 3.05) is 38.5 Å². The summed E-state index contributed by atoms with van der Waals surface area (Å²) in [6.45, 7) is 8.71. The van der Waals surface area contributed by atoms with Crippen molar-refractivity contribution in [2.24, 2.45) is 0 Å². The minimum Gasteiger partial charge on any atom is -0.384 e. The highest BCUT2D eigenvalue weighted by Gasteiger charge is 2.25. The van der Waals surface area contributed by atoms with Crippen LogP contribution in [0, 0.1) is 5.82 Å². The monoisotopic (exact) mass is 265 g/mol. The molecule has 0 amide bonds. The van der Waals surface area contributed by atoms with Crippen LogP contribution in [0.1, 0.15) is 13.8 Å². The zero-order valence-corrected chi connectivity index (χ0v) is 12.1. The van der Waals surface area contributed by atoms with E-state index in [0.29, 0.717) is 12.1 Å². The van der Waals surface area contributed by atoms with Gasteiger partial charge in [-0.05, 0) is 45.2 Å². The molecule has 1 aliphatic rings. The second-order valence-corrected chi connectivity index (χ2v) is 5.56. The first kappa shape index (κ1) is 14.3. The number of anilines is 1. The lowest BCUT2D eigenvalue weighted by molar-refractivity contribution is 0.0626. The van der Waals surface area contributed by atoms with Gasteiger partial charge in [-0.2, -0.15) is 0 Å². The molecule has 2 unspecified atom stereocenters. The lowest BCUT2D eigenvalue weighted by atomic mass is 10.1. The number of likely N-dealkylation sites (N-methyl/N-ethyl adjacent to an activating group) is 1. The van der Waals surface area contributed by atoms with E-state index in [1.165, 1.54) is 12.1 Å². The molecule has 1 aliphatic heterocycles. The first-order valence-corrected chi connectivity index (χ1v) is 7.00. The van der Waals surface area contributed by atoms with E-state index in [0.717, 1.165) is 31.9 Å². The Balaban J connectivity index is 1.75. The fraction of sp³-hybridized carbons (Fsp3) is 0.600. The first-order valence-electron chi connectivity index (χ1n) is 7.00. The standard InChI is InChI=1S/C15H24FN3/c1-12-10-19(11-13(2)18(12)3)9-8-17-15-6-4-14(16)5-7-15/h4-7,12-13,17H,8-11H2,1-3H3. The van der Waals surface area contributed by atoms with Gasteiger partial charge < -0.3 is 5.32 Å². The third kappa shape index (κ3) is 3.91. The van der Waals surface area contributed by atoms with E-state index < -0.39 is 0 Å². The summed E-state index contributed by atoms with van der Waals surface area (Å²) in [5.74, 6) is -0.188. The van der Waals surface area contributed by atoms with Crippen molar-refractivity contribution in [1.82, 2.24) is 9.80 Å². The summed E-state index contributed by atoms with van der Waals surface area (Å²) in [4.78, 5) is 4.93. The van der Waals surface area contributed by atoms with Gasteiger partial charge in [0.2, 0.25) is 0 Å². The molecule has 2 atom stereocenters. The Bertz CT molecular complexity index is 381. The van der Waals surface area contributed by atoms with Gasteiger partial charge in [-0.3, -0.25) is 9.80 Å². The summed E-state index contributed by atoms with van der Waals surface area (Å²) in [6, 6.07) is 7.75. The van der Waals surface area contributed by atoms with Gasteiger partial charge in [-0.1, -0.05) is 0 Å². The minimum absolute atomic E-state index is 0.188. The number of rotatable bonds is 4. The number of halogens is 1. The van der Waals surface area contributed by atoms with Gasteiger partial charge in [0.25, 0.3) is 0 Å². The molecule has 19 heavy (non-hydrogen) atoms. The molecule has 1 fully saturated rings. The quantitative estimate of drug-likeness (QED) is 0.901. The molecule has 0 aliphatic carbocycles. The van der Waals surface area contributed by atoms with Crippen LogP contribution in [-0.4, -0.2) is 55.1 Å². The fourth-order valence-electron chi connectivity index (χ4n) is 2.62. The van der Waals surface area contributed by atoms with Gasteiger partial charge in [-0.25, -0.2) is 4.39 Å². The second-order valence-electron chi connectivity index (χ2n) is 5.56. The van der Waals surface area contributed by atoms with Crippen LogP contribution in [-0.2, 0) is 0 Å². The molecule has 1 saturated heterocycles. The van der Waals surface area contributed by atoms with Crippen LogP contribution < -0.4 is 5.32 Å². The number of piperazine rings is 1. The number of hydrogen-bond donors (Lipinski definition) is 1. The van der Waals surface area contributed by atoms with Crippen molar-refractivity contribution in [2.45, 2.75) is 25.9 Å². The third-order valence-electron chi connectivity index (χ3n) is 4.04. The molecule has 0 aromatic heterocycles. The summed E-state index contributed by atoms with van der Waals surface area (Å²) >= 11 is 0. The van der Waals surface area contributed by atoms with Crippen molar-refractivity contribution in [3.8, 4) is 0 Å². The highest BCUT2D eigenvalue weighted by molar-refractivity contribution is 5.42. The van der Waals surface area contributed by atoms with E-state index in [1.54, 1.807) is 12.1 Å². The van der Waals surface area contributed by atoms with Gasteiger partial charge in [0.1, 0.15) is 5.82 Å². The summed E-state index contributed by atoms with van der Waals surface area (Å²) in [6.07, 6.45) is 0. The maximum atomic E-state index is 12.8. The van der Waals surface area contributed by atoms with E-state index in [4.69, 9.17) is 0 Å². The van der Waals surface area contributed by atoms with Crippen LogP contribution in [0.15, 0.2) is 24.3 Å². The molecule has 0 bridgehead atoms. The van der Waals surface area contributed by atoms with Crippen LogP contribution >= 0.6 is 0 Å². The highest BCUT2D eigenvalue weighted by atomic mass is 19.1. The Hall–Kier alpha value is -1.13. The maximum absolute atomic E-state index is 12.8. The minimum atomic E-state index is -0.188. The normalized spacial score (nSPS) is 25.5. The van der Waals surface area contributed by atoms with E-state index >= 15 is 0 Å². The van der Waals surface area contributed by atoms with Gasteiger partial charge in [0, 0.05) is 44.0 Å². The first-order chi connectivity index (χ1) is 9.06. The molecule has 0 spiro atoms. The molecule has 1 heterocycles. The Morgan fingerprint density at radius 1 is 1.16 bits per heavy atom. The zero-order valence-electron chi connectivity index (χ0n) is 12.1. The zero-order chi connectivity index (χ0) is 13.8. The average molecular weight is 265 g/mol. The Kier molecular flexibility index (Phi) is 4.77. The maximum Gasteiger partial charge on any atom is 0.123 e. The lowest BCUT2D eigenvalue weighted by Gasteiger charge is -2.42. The lowest BCUT2D eigenvalue weighted by Crippen LogP contribution is -2.55. The predicted molar refractivity (Wildman–Crippen MR) is 78.0 cm³/mol. The highest BCUT2D eigenvalue weighted by Crippen LogP contribution is 2.13. The van der Waals surface area contributed by atoms with Crippen LogP contribution in [0.3, 0.4) is 0 Å². The Labute approximate surface area is 115 Å². The van der Waals surface area contributed by atoms with Crippen molar-refractivity contribution in [1.29, 1.82) is 0 Å². The third-order valence-corrected chi connectivity index (χ3v) is 4.04. The van der Waals surface area contributed by atoms with Gasteiger partial charge in [0.15, 0.2) is 0 Å². The molecule has 1 N–H and O–H groups in total. The summed E-state index contributed by atoms with van der Waals surface area (Å²) in [5, 5.41) is 3.34. The Morgan fingerprint density at radius 2 is 1.74 bits per heavy atom. The second kappa shape index (κ2) is 6.35. The van der Waals surface area contributed by atoms with Crippen molar-refractivity contribution in [3.63, 3.8) is 0 Å². The summed E-state index contributed by atoms with van der Waals surface area (Å²) < 4.78 is 12.8. The topological polar surface area (TPSA) is 18.5 Å². The van der Waals surface area contributed by atoms with E-state index in [2.05, 4.69) is 36.0 Å². The number of nitrogens with zero attached hydrogens (tertiary/aromatic N) is 2. The number of hydrogen-bond acceptors (Lipinski definition) is 3. The molecule has 106 valence electrons. The molecule has 1 aromatic carbocycles. The van der Waals surface area contributed by atoms with E-state index in [9.17, 15) is 4.39 Å². The fourth-order valence-corrected chi connectivity index (χ4v) is 2.62. The van der Waals surface area contributed by atoms with E-state index in [-0.39, 0.29) is 5.82 Å². The largest absolute Gasteiger partial charge is 0.384 e. The molecule has 3 nitrogen and oxygen atoms in total. The molecular weight excluding hydrogens is 241 g/mol. The van der Waals surface area contributed by atoms with E-state index in [1.807, 2.05) is 0 Å². The summed E-state index contributed by atoms with van der Waals surface area (Å²) in [7, 11) is 2.20. The summed E-state index contributed by atoms with van der Waals surface area (Å²) in [5.41, 5.74) is 0.983. The molecule has 2 rings (SSSR count). The van der Waals surface area contributed by atoms with Crippen molar-refractivity contribution < 1.29 is 4.39 Å². The van der Waals surface area contributed by atoms with Crippen LogP contribution in [0.5, 0.6) is 0 Å². The SMILES string of the molecule is CC1CN(CCNc2ccc(F)cc2)CC(C)N1C. The van der Waals surface area contributed by atoms with Crippen molar-refractivity contribution in [3.05, 3.63) is 30.1 Å². The predicted octanol–water partition coefficient (Wildman–Crippen LogP) is 2.26. The number of benzene rings is 1. The number of nitrogens with one attached hydrogen (secondary N) is 1. The van der Waals surface area contributed by atoms with Crippen molar-refractivity contribution >= 4 is 5.69 Å². The van der Waals surface area contributed by atoms with Gasteiger partial charge in [0.05, 0.1) is 0 Å². The van der Waals surface area contributed by atoms with Gasteiger partial charge >= 0.3 is 0 Å². The molecule has 0 saturated carbocycles. The van der Waals surface area contributed by atoms with Crippen LogP contribution in [0.25, 0.3) is 0 Å². The average Bonchev–Trinajstić information content (AvgIpc) is 2.38. The molecule has 1 aromatic rings. The van der Waals surface area contributed by atoms with Crippen LogP contribution in [0.4, 0.5) is 10.1 Å². The van der Waals surface area contributed by atoms with Gasteiger partial charge in [-0.15, -0.1) is 0 Å². The molecular formula is C15H24FN3. The van der Waals surface area contributed by atoms with Crippen LogP contribution in [0.2, 0.25) is 0 Å². The molecule has 4 heteroatoms. The Morgan fingerprint density at radius 3 is 2.32 bits per heavy atom.